The van der Waals surface area contributed by atoms with Crippen LogP contribution in [-0.2, 0) is 21.4 Å². The summed E-state index contributed by atoms with van der Waals surface area (Å²) in [6.45, 7) is 2.23. The van der Waals surface area contributed by atoms with Gasteiger partial charge in [0.1, 0.15) is 0 Å². The molecule has 0 unspecified atom stereocenters. The highest BCUT2D eigenvalue weighted by atomic mass is 32.2. The number of carbonyl (C=O) groups excluding carboxylic acids is 1. The van der Waals surface area contributed by atoms with E-state index in [-0.39, 0.29) is 24.7 Å². The van der Waals surface area contributed by atoms with E-state index in [4.69, 9.17) is 0 Å². The van der Waals surface area contributed by atoms with Crippen molar-refractivity contribution in [2.24, 2.45) is 0 Å². The number of nitrogens with zero attached hydrogens (tertiary/aromatic N) is 1. The Kier molecular flexibility index (Phi) is 6.44. The zero-order valence-electron chi connectivity index (χ0n) is 10.9. The molecule has 2 N–H and O–H groups in total. The van der Waals surface area contributed by atoms with Crippen LogP contribution in [0.2, 0.25) is 0 Å². The summed E-state index contributed by atoms with van der Waals surface area (Å²) in [6, 6.07) is 3.53. The third-order valence-electron chi connectivity index (χ3n) is 2.39. The van der Waals surface area contributed by atoms with Crippen molar-refractivity contribution in [2.45, 2.75) is 26.3 Å². The van der Waals surface area contributed by atoms with Crippen molar-refractivity contribution >= 4 is 15.9 Å². The van der Waals surface area contributed by atoms with Gasteiger partial charge in [-0.2, -0.15) is 0 Å². The molecule has 0 radical (unpaired) electrons. The van der Waals surface area contributed by atoms with Crippen molar-refractivity contribution in [1.82, 2.24) is 15.0 Å². The Bertz CT molecular complexity index is 488. The third-order valence-corrected chi connectivity index (χ3v) is 3.71. The Hall–Kier alpha value is -1.47. The number of carbonyl (C=O) groups is 1. The number of amides is 1. The van der Waals surface area contributed by atoms with Crippen molar-refractivity contribution in [3.8, 4) is 0 Å². The molecular weight excluding hydrogens is 266 g/mol. The van der Waals surface area contributed by atoms with E-state index in [2.05, 4.69) is 15.0 Å². The summed E-state index contributed by atoms with van der Waals surface area (Å²) in [7, 11) is -3.38. The summed E-state index contributed by atoms with van der Waals surface area (Å²) in [4.78, 5) is 15.1. The average molecular weight is 285 g/mol. The van der Waals surface area contributed by atoms with Gasteiger partial charge in [0, 0.05) is 31.9 Å². The van der Waals surface area contributed by atoms with Crippen LogP contribution in [0, 0.1) is 0 Å². The third kappa shape index (κ3) is 6.88. The molecule has 0 aliphatic rings. The quantitative estimate of drug-likeness (QED) is 0.724. The van der Waals surface area contributed by atoms with Gasteiger partial charge in [-0.25, -0.2) is 13.1 Å². The van der Waals surface area contributed by atoms with Crippen LogP contribution in [0.5, 0.6) is 0 Å². The molecule has 0 aromatic carbocycles. The molecule has 0 spiro atoms. The predicted octanol–water partition coefficient (Wildman–Crippen LogP) is 0.417. The Morgan fingerprint density at radius 1 is 1.42 bits per heavy atom. The molecule has 0 atom stereocenters. The van der Waals surface area contributed by atoms with Crippen LogP contribution in [0.1, 0.15) is 25.3 Å². The van der Waals surface area contributed by atoms with Gasteiger partial charge in [-0.15, -0.1) is 0 Å². The Balaban J connectivity index is 2.30. The lowest BCUT2D eigenvalue weighted by Gasteiger charge is -2.07. The van der Waals surface area contributed by atoms with Crippen molar-refractivity contribution in [3.05, 3.63) is 30.1 Å². The summed E-state index contributed by atoms with van der Waals surface area (Å²) in [5.74, 6) is -0.243. The van der Waals surface area contributed by atoms with Gasteiger partial charge in [-0.3, -0.25) is 9.78 Å². The maximum atomic E-state index is 11.7. The molecule has 6 nitrogen and oxygen atoms in total. The van der Waals surface area contributed by atoms with Crippen LogP contribution in [0.3, 0.4) is 0 Å². The topological polar surface area (TPSA) is 88.2 Å². The number of aromatic nitrogens is 1. The second kappa shape index (κ2) is 7.85. The van der Waals surface area contributed by atoms with Crippen LogP contribution in [0.15, 0.2) is 24.5 Å². The molecule has 0 aliphatic carbocycles. The summed E-state index contributed by atoms with van der Waals surface area (Å²) in [6.07, 6.45) is 4.40. The normalized spacial score (nSPS) is 11.2. The Labute approximate surface area is 113 Å². The van der Waals surface area contributed by atoms with Crippen molar-refractivity contribution in [3.63, 3.8) is 0 Å². The van der Waals surface area contributed by atoms with Crippen molar-refractivity contribution < 1.29 is 13.2 Å². The predicted molar refractivity (Wildman–Crippen MR) is 72.8 cm³/mol. The fourth-order valence-electron chi connectivity index (χ4n) is 1.41. The highest BCUT2D eigenvalue weighted by molar-refractivity contribution is 7.89. The smallest absolute Gasteiger partial charge is 0.220 e. The first-order valence-electron chi connectivity index (χ1n) is 6.16. The van der Waals surface area contributed by atoms with Crippen LogP contribution >= 0.6 is 0 Å². The zero-order valence-corrected chi connectivity index (χ0v) is 11.7. The molecule has 0 saturated heterocycles. The first-order valence-corrected chi connectivity index (χ1v) is 7.81. The highest BCUT2D eigenvalue weighted by Gasteiger charge is 2.10. The van der Waals surface area contributed by atoms with Crippen molar-refractivity contribution in [2.75, 3.05) is 12.3 Å². The molecule has 0 saturated carbocycles. The Morgan fingerprint density at radius 3 is 2.84 bits per heavy atom. The van der Waals surface area contributed by atoms with Crippen LogP contribution in [0.25, 0.3) is 0 Å². The standard InChI is InChI=1S/C12H19N3O3S/c1-2-4-12(16)14-7-8-19(17,18)15-10-11-5-3-6-13-9-11/h3,5-6,9,15H,2,4,7-8,10H2,1H3,(H,14,16). The number of nitrogens with one attached hydrogen (secondary N) is 2. The van der Waals surface area contributed by atoms with Gasteiger partial charge in [0.25, 0.3) is 0 Å². The summed E-state index contributed by atoms with van der Waals surface area (Å²) in [5.41, 5.74) is 0.793. The molecule has 1 amide bonds. The average Bonchev–Trinajstić information content (AvgIpc) is 2.38. The van der Waals surface area contributed by atoms with E-state index in [1.54, 1.807) is 24.5 Å². The van der Waals surface area contributed by atoms with E-state index < -0.39 is 10.0 Å². The number of pyridine rings is 1. The number of rotatable bonds is 8. The van der Waals surface area contributed by atoms with Gasteiger partial charge in [-0.05, 0) is 18.1 Å². The first-order chi connectivity index (χ1) is 9.03. The van der Waals surface area contributed by atoms with Crippen LogP contribution < -0.4 is 10.0 Å². The second-order valence-corrected chi connectivity index (χ2v) is 6.03. The van der Waals surface area contributed by atoms with E-state index in [0.29, 0.717) is 6.42 Å². The molecule has 1 heterocycles. The minimum absolute atomic E-state index is 0.120. The second-order valence-electron chi connectivity index (χ2n) is 4.10. The van der Waals surface area contributed by atoms with Crippen molar-refractivity contribution in [1.29, 1.82) is 0 Å². The molecule has 1 aromatic heterocycles. The van der Waals surface area contributed by atoms with E-state index >= 15 is 0 Å². The summed E-state index contributed by atoms with van der Waals surface area (Å²) in [5, 5.41) is 2.57. The first kappa shape index (κ1) is 15.6. The summed E-state index contributed by atoms with van der Waals surface area (Å²) < 4.78 is 25.8. The van der Waals surface area contributed by atoms with Gasteiger partial charge in [0.2, 0.25) is 15.9 Å². The van der Waals surface area contributed by atoms with E-state index in [0.717, 1.165) is 12.0 Å². The zero-order chi connectivity index (χ0) is 14.1. The molecule has 1 aromatic rings. The lowest BCUT2D eigenvalue weighted by molar-refractivity contribution is -0.120. The maximum Gasteiger partial charge on any atom is 0.220 e. The molecule has 0 fully saturated rings. The molecule has 1 rings (SSSR count). The largest absolute Gasteiger partial charge is 0.355 e. The lowest BCUT2D eigenvalue weighted by atomic mass is 10.3. The van der Waals surface area contributed by atoms with Gasteiger partial charge >= 0.3 is 0 Å². The van der Waals surface area contributed by atoms with Crippen LogP contribution in [0.4, 0.5) is 0 Å². The fourth-order valence-corrected chi connectivity index (χ4v) is 2.31. The SMILES string of the molecule is CCCC(=O)NCCS(=O)(=O)NCc1cccnc1. The van der Waals surface area contributed by atoms with Gasteiger partial charge < -0.3 is 5.32 Å². The fraction of sp³-hybridized carbons (Fsp3) is 0.500. The van der Waals surface area contributed by atoms with E-state index in [1.807, 2.05) is 6.92 Å². The highest BCUT2D eigenvalue weighted by Crippen LogP contribution is 1.96. The number of hydrogen-bond donors (Lipinski definition) is 2. The Morgan fingerprint density at radius 2 is 2.21 bits per heavy atom. The molecule has 7 heteroatoms. The monoisotopic (exact) mass is 285 g/mol. The molecule has 0 aliphatic heterocycles. The molecule has 19 heavy (non-hydrogen) atoms. The lowest BCUT2D eigenvalue weighted by Crippen LogP contribution is -2.34. The minimum Gasteiger partial charge on any atom is -0.355 e. The molecular formula is C12H19N3O3S. The number of hydrogen-bond acceptors (Lipinski definition) is 4. The van der Waals surface area contributed by atoms with E-state index in [9.17, 15) is 13.2 Å². The van der Waals surface area contributed by atoms with Crippen LogP contribution in [-0.4, -0.2) is 31.6 Å². The minimum atomic E-state index is -3.38. The molecule has 0 bridgehead atoms. The maximum absolute atomic E-state index is 11.7. The number of sulfonamides is 1. The van der Waals surface area contributed by atoms with Gasteiger partial charge in [-0.1, -0.05) is 13.0 Å². The van der Waals surface area contributed by atoms with E-state index in [1.165, 1.54) is 0 Å². The van der Waals surface area contributed by atoms with Gasteiger partial charge in [0.15, 0.2) is 0 Å². The summed E-state index contributed by atoms with van der Waals surface area (Å²) >= 11 is 0. The van der Waals surface area contributed by atoms with Gasteiger partial charge in [0.05, 0.1) is 5.75 Å². The molecule has 106 valence electrons.